The maximum absolute atomic E-state index is 6.08. The number of benzene rings is 1. The molecular formula is C16H23NO2. The number of hydrogen-bond donors (Lipinski definition) is 1. The van der Waals surface area contributed by atoms with Crippen LogP contribution in [-0.2, 0) is 11.2 Å². The molecule has 2 atom stereocenters. The summed E-state index contributed by atoms with van der Waals surface area (Å²) in [5.41, 5.74) is 8.68. The van der Waals surface area contributed by atoms with Crippen LogP contribution in [-0.4, -0.2) is 19.3 Å². The molecule has 0 bridgehead atoms. The Hall–Kier alpha value is -1.06. The Bertz CT molecular complexity index is 427. The van der Waals surface area contributed by atoms with Gasteiger partial charge in [0.2, 0.25) is 0 Å². The van der Waals surface area contributed by atoms with Crippen LogP contribution in [0.2, 0.25) is 0 Å². The van der Waals surface area contributed by atoms with Crippen molar-refractivity contribution < 1.29 is 9.47 Å². The van der Waals surface area contributed by atoms with E-state index in [1.165, 1.54) is 24.0 Å². The fraction of sp³-hybridized carbons (Fsp3) is 0.625. The van der Waals surface area contributed by atoms with E-state index in [1.54, 1.807) is 0 Å². The number of nitrogens with two attached hydrogens (primary N) is 1. The van der Waals surface area contributed by atoms with Gasteiger partial charge in [0.15, 0.2) is 0 Å². The summed E-state index contributed by atoms with van der Waals surface area (Å²) in [7, 11) is 0. The quantitative estimate of drug-likeness (QED) is 0.829. The van der Waals surface area contributed by atoms with Crippen molar-refractivity contribution in [1.29, 1.82) is 0 Å². The largest absolute Gasteiger partial charge is 0.493 e. The van der Waals surface area contributed by atoms with Crippen molar-refractivity contribution in [3.8, 4) is 5.75 Å². The highest BCUT2D eigenvalue weighted by Gasteiger charge is 2.22. The highest BCUT2D eigenvalue weighted by Crippen LogP contribution is 2.35. The standard InChI is InChI=1S/C16H23NO2/c17-15-9-8-14-13(15)6-1-7-16(14)19-11-3-5-12-4-2-10-18-12/h1,6-7,12,15H,2-5,8-11,17H2. The maximum Gasteiger partial charge on any atom is 0.122 e. The molecule has 1 aliphatic heterocycles. The molecule has 1 heterocycles. The number of fused-ring (bicyclic) bond motifs is 1. The van der Waals surface area contributed by atoms with E-state index in [0.717, 1.165) is 44.6 Å². The molecule has 0 radical (unpaired) electrons. The van der Waals surface area contributed by atoms with E-state index >= 15 is 0 Å². The minimum atomic E-state index is 0.199. The first-order chi connectivity index (χ1) is 9.34. The van der Waals surface area contributed by atoms with E-state index in [4.69, 9.17) is 15.2 Å². The molecule has 19 heavy (non-hydrogen) atoms. The van der Waals surface area contributed by atoms with Gasteiger partial charge in [-0.25, -0.2) is 0 Å². The zero-order valence-corrected chi connectivity index (χ0v) is 11.4. The lowest BCUT2D eigenvalue weighted by molar-refractivity contribution is 0.0981. The van der Waals surface area contributed by atoms with E-state index in [-0.39, 0.29) is 6.04 Å². The van der Waals surface area contributed by atoms with Gasteiger partial charge in [-0.3, -0.25) is 0 Å². The number of ether oxygens (including phenoxy) is 2. The van der Waals surface area contributed by atoms with Crippen LogP contribution in [0, 0.1) is 0 Å². The highest BCUT2D eigenvalue weighted by molar-refractivity contribution is 5.44. The van der Waals surface area contributed by atoms with E-state index in [2.05, 4.69) is 18.2 Å². The van der Waals surface area contributed by atoms with Gasteiger partial charge in [-0.15, -0.1) is 0 Å². The molecule has 2 N–H and O–H groups in total. The van der Waals surface area contributed by atoms with E-state index < -0.39 is 0 Å². The Balaban J connectivity index is 1.50. The molecule has 1 aromatic carbocycles. The molecule has 1 aromatic rings. The molecule has 3 nitrogen and oxygen atoms in total. The van der Waals surface area contributed by atoms with Crippen molar-refractivity contribution >= 4 is 0 Å². The molecule has 0 saturated carbocycles. The highest BCUT2D eigenvalue weighted by atomic mass is 16.5. The van der Waals surface area contributed by atoms with Crippen molar-refractivity contribution in [2.75, 3.05) is 13.2 Å². The van der Waals surface area contributed by atoms with Gasteiger partial charge in [0.1, 0.15) is 5.75 Å². The first-order valence-electron chi connectivity index (χ1n) is 7.46. The van der Waals surface area contributed by atoms with E-state index in [0.29, 0.717) is 6.10 Å². The summed E-state index contributed by atoms with van der Waals surface area (Å²) in [6.07, 6.45) is 7.20. The van der Waals surface area contributed by atoms with Crippen LogP contribution >= 0.6 is 0 Å². The van der Waals surface area contributed by atoms with Gasteiger partial charge in [-0.2, -0.15) is 0 Å². The molecule has 1 fully saturated rings. The Kier molecular flexibility index (Phi) is 4.04. The average molecular weight is 261 g/mol. The van der Waals surface area contributed by atoms with Crippen molar-refractivity contribution in [2.45, 2.75) is 50.7 Å². The lowest BCUT2D eigenvalue weighted by Gasteiger charge is -2.13. The minimum Gasteiger partial charge on any atom is -0.493 e. The van der Waals surface area contributed by atoms with Gasteiger partial charge in [0, 0.05) is 12.6 Å². The maximum atomic E-state index is 6.08. The van der Waals surface area contributed by atoms with Crippen LogP contribution in [0.15, 0.2) is 18.2 Å². The first-order valence-corrected chi connectivity index (χ1v) is 7.46. The van der Waals surface area contributed by atoms with Gasteiger partial charge in [0.05, 0.1) is 12.7 Å². The molecule has 104 valence electrons. The third-order valence-corrected chi connectivity index (χ3v) is 4.23. The van der Waals surface area contributed by atoms with Crippen LogP contribution in [0.25, 0.3) is 0 Å². The normalized spacial score (nSPS) is 25.5. The van der Waals surface area contributed by atoms with Crippen LogP contribution < -0.4 is 10.5 Å². The van der Waals surface area contributed by atoms with Crippen LogP contribution in [0.5, 0.6) is 5.75 Å². The summed E-state index contributed by atoms with van der Waals surface area (Å²) in [5.74, 6) is 1.04. The number of rotatable bonds is 5. The lowest BCUT2D eigenvalue weighted by atomic mass is 10.1. The van der Waals surface area contributed by atoms with Gasteiger partial charge >= 0.3 is 0 Å². The fourth-order valence-electron chi connectivity index (χ4n) is 3.15. The zero-order chi connectivity index (χ0) is 13.1. The van der Waals surface area contributed by atoms with Crippen molar-refractivity contribution in [2.24, 2.45) is 5.73 Å². The van der Waals surface area contributed by atoms with Gasteiger partial charge < -0.3 is 15.2 Å². The SMILES string of the molecule is NC1CCc2c(OCCCC3CCCO3)cccc21. The van der Waals surface area contributed by atoms with Crippen LogP contribution in [0.4, 0.5) is 0 Å². The third-order valence-electron chi connectivity index (χ3n) is 4.23. The Labute approximate surface area is 115 Å². The molecular weight excluding hydrogens is 238 g/mol. The average Bonchev–Trinajstić information content (AvgIpc) is 3.06. The zero-order valence-electron chi connectivity index (χ0n) is 11.4. The molecule has 2 unspecified atom stereocenters. The summed E-state index contributed by atoms with van der Waals surface area (Å²) in [4.78, 5) is 0. The minimum absolute atomic E-state index is 0.199. The number of hydrogen-bond acceptors (Lipinski definition) is 3. The topological polar surface area (TPSA) is 44.5 Å². The van der Waals surface area contributed by atoms with Gasteiger partial charge in [-0.1, -0.05) is 12.1 Å². The van der Waals surface area contributed by atoms with Crippen molar-refractivity contribution in [1.82, 2.24) is 0 Å². The first kappa shape index (κ1) is 12.9. The smallest absolute Gasteiger partial charge is 0.122 e. The molecule has 2 aliphatic rings. The Morgan fingerprint density at radius 2 is 2.26 bits per heavy atom. The second kappa shape index (κ2) is 5.93. The van der Waals surface area contributed by atoms with Crippen molar-refractivity contribution in [3.05, 3.63) is 29.3 Å². The summed E-state index contributed by atoms with van der Waals surface area (Å²) in [6.45, 7) is 1.72. The molecule has 3 heteroatoms. The summed E-state index contributed by atoms with van der Waals surface area (Å²) in [5, 5.41) is 0. The predicted molar refractivity (Wildman–Crippen MR) is 75.4 cm³/mol. The summed E-state index contributed by atoms with van der Waals surface area (Å²) >= 11 is 0. The third kappa shape index (κ3) is 2.93. The molecule has 1 aliphatic carbocycles. The van der Waals surface area contributed by atoms with Crippen LogP contribution in [0.1, 0.15) is 49.3 Å². The molecule has 3 rings (SSSR count). The summed E-state index contributed by atoms with van der Waals surface area (Å²) in [6, 6.07) is 6.46. The van der Waals surface area contributed by atoms with Crippen LogP contribution in [0.3, 0.4) is 0 Å². The fourth-order valence-corrected chi connectivity index (χ4v) is 3.15. The molecule has 0 aromatic heterocycles. The second-order valence-corrected chi connectivity index (χ2v) is 5.59. The van der Waals surface area contributed by atoms with Gasteiger partial charge in [-0.05, 0) is 55.7 Å². The van der Waals surface area contributed by atoms with E-state index in [9.17, 15) is 0 Å². The molecule has 0 amide bonds. The Morgan fingerprint density at radius 1 is 1.32 bits per heavy atom. The van der Waals surface area contributed by atoms with E-state index in [1.807, 2.05) is 0 Å². The lowest BCUT2D eigenvalue weighted by Crippen LogP contribution is -2.08. The summed E-state index contributed by atoms with van der Waals surface area (Å²) < 4.78 is 11.6. The van der Waals surface area contributed by atoms with Crippen molar-refractivity contribution in [3.63, 3.8) is 0 Å². The predicted octanol–water partition coefficient (Wildman–Crippen LogP) is 2.97. The van der Waals surface area contributed by atoms with Gasteiger partial charge in [0.25, 0.3) is 0 Å². The second-order valence-electron chi connectivity index (χ2n) is 5.59. The Morgan fingerprint density at radius 3 is 3.11 bits per heavy atom. The molecule has 1 saturated heterocycles. The molecule has 0 spiro atoms. The monoisotopic (exact) mass is 261 g/mol.